The number of nitrogens with zero attached hydrogens (tertiary/aromatic N) is 1. The van der Waals surface area contributed by atoms with E-state index < -0.39 is 10.4 Å². The first-order chi connectivity index (χ1) is 7.04. The monoisotopic (exact) mass is 203 g/mol. The van der Waals surface area contributed by atoms with E-state index in [9.17, 15) is 10.3 Å². The number of hydrogen-bond acceptors (Lipinski definition) is 2. The minimum Gasteiger partial charge on any atom is -0.620 e. The minimum absolute atomic E-state index is 0.818. The predicted octanol–water partition coefficient (Wildman–Crippen LogP) is 2.21. The lowest BCUT2D eigenvalue weighted by Gasteiger charge is -2.50. The van der Waals surface area contributed by atoms with Gasteiger partial charge < -0.3 is 10.3 Å². The average Bonchev–Trinajstić information content (AvgIpc) is 2.26. The summed E-state index contributed by atoms with van der Waals surface area (Å²) in [4.78, 5) is 0. The van der Waals surface area contributed by atoms with Crippen molar-refractivity contribution in [3.63, 3.8) is 0 Å². The summed E-state index contributed by atoms with van der Waals surface area (Å²) in [6, 6.07) is 9.53. The fourth-order valence-corrected chi connectivity index (χ4v) is 1.40. The minimum atomic E-state index is -1.33. The van der Waals surface area contributed by atoms with E-state index in [-0.39, 0.29) is 0 Å². The molecule has 2 atom stereocenters. The highest BCUT2D eigenvalue weighted by Gasteiger charge is 2.42. The Morgan fingerprint density at radius 3 is 2.47 bits per heavy atom. The molecule has 0 spiro atoms. The largest absolute Gasteiger partial charge is 0.620 e. The summed E-state index contributed by atoms with van der Waals surface area (Å²) in [6.07, 6.45) is 6.06. The molecule has 1 aliphatic heterocycles. The van der Waals surface area contributed by atoms with Crippen molar-refractivity contribution in [3.8, 4) is 0 Å². The molecule has 1 aliphatic rings. The van der Waals surface area contributed by atoms with Crippen molar-refractivity contribution in [1.29, 1.82) is 0 Å². The molecular weight excluding hydrogens is 190 g/mol. The Morgan fingerprint density at radius 2 is 2.00 bits per heavy atom. The lowest BCUT2D eigenvalue weighted by molar-refractivity contribution is -0.874. The van der Waals surface area contributed by atoms with Crippen molar-refractivity contribution in [2.24, 2.45) is 0 Å². The third-order valence-corrected chi connectivity index (χ3v) is 2.61. The Morgan fingerprint density at radius 1 is 1.33 bits per heavy atom. The van der Waals surface area contributed by atoms with Gasteiger partial charge in [-0.15, -0.1) is 0 Å². The van der Waals surface area contributed by atoms with E-state index in [2.05, 4.69) is 0 Å². The Kier molecular flexibility index (Phi) is 2.23. The smallest absolute Gasteiger partial charge is 0.231 e. The Labute approximate surface area is 88.7 Å². The van der Waals surface area contributed by atoms with E-state index in [0.717, 1.165) is 5.56 Å². The van der Waals surface area contributed by atoms with Gasteiger partial charge in [-0.2, -0.15) is 0 Å². The van der Waals surface area contributed by atoms with Gasteiger partial charge in [0.15, 0.2) is 0 Å². The normalized spacial score (nSPS) is 34.3. The lowest BCUT2D eigenvalue weighted by Crippen LogP contribution is -2.56. The molecular formula is C12H13NO2. The van der Waals surface area contributed by atoms with Crippen LogP contribution in [0.1, 0.15) is 12.5 Å². The summed E-state index contributed by atoms with van der Waals surface area (Å²) in [6.45, 7) is 1.50. The van der Waals surface area contributed by atoms with Crippen LogP contribution in [0.3, 0.4) is 0 Å². The second kappa shape index (κ2) is 3.31. The quantitative estimate of drug-likeness (QED) is 0.591. The second-order valence-corrected chi connectivity index (χ2v) is 3.85. The summed E-state index contributed by atoms with van der Waals surface area (Å²) < 4.78 is -0.818. The van der Waals surface area contributed by atoms with Crippen LogP contribution in [0.25, 0.3) is 6.08 Å². The van der Waals surface area contributed by atoms with Gasteiger partial charge >= 0.3 is 0 Å². The van der Waals surface area contributed by atoms with E-state index in [1.165, 1.54) is 25.4 Å². The maximum absolute atomic E-state index is 11.9. The molecule has 1 heterocycles. The molecule has 0 fully saturated rings. The van der Waals surface area contributed by atoms with Crippen LogP contribution in [-0.4, -0.2) is 15.5 Å². The van der Waals surface area contributed by atoms with Gasteiger partial charge in [0.05, 0.1) is 6.08 Å². The third kappa shape index (κ3) is 1.72. The van der Waals surface area contributed by atoms with Crippen LogP contribution in [0.5, 0.6) is 0 Å². The van der Waals surface area contributed by atoms with Gasteiger partial charge in [0.1, 0.15) is 12.4 Å². The average molecular weight is 203 g/mol. The SMILES string of the molecule is CC1(O)C=C[N+]1([O-])C=Cc1ccccc1. The van der Waals surface area contributed by atoms with Crippen LogP contribution >= 0.6 is 0 Å². The van der Waals surface area contributed by atoms with Gasteiger partial charge in [-0.25, -0.2) is 0 Å². The molecule has 1 N–H and O–H groups in total. The van der Waals surface area contributed by atoms with Gasteiger partial charge in [-0.05, 0) is 11.6 Å². The number of quaternary nitrogens is 1. The molecule has 0 aliphatic carbocycles. The van der Waals surface area contributed by atoms with Gasteiger partial charge in [0.2, 0.25) is 5.72 Å². The number of rotatable bonds is 2. The lowest BCUT2D eigenvalue weighted by atomic mass is 10.1. The molecule has 0 amide bonds. The summed E-state index contributed by atoms with van der Waals surface area (Å²) in [7, 11) is 0. The van der Waals surface area contributed by atoms with Gasteiger partial charge in [-0.1, -0.05) is 30.3 Å². The van der Waals surface area contributed by atoms with Crippen molar-refractivity contribution in [2.45, 2.75) is 12.6 Å². The van der Waals surface area contributed by atoms with E-state index in [4.69, 9.17) is 0 Å². The van der Waals surface area contributed by atoms with Crippen molar-refractivity contribution >= 4 is 6.08 Å². The maximum atomic E-state index is 11.9. The number of benzene rings is 1. The molecule has 3 nitrogen and oxygen atoms in total. The summed E-state index contributed by atoms with van der Waals surface area (Å²) in [5.41, 5.74) is -0.382. The van der Waals surface area contributed by atoms with Crippen molar-refractivity contribution in [1.82, 2.24) is 0 Å². The predicted molar refractivity (Wildman–Crippen MR) is 58.9 cm³/mol. The van der Waals surface area contributed by atoms with Gasteiger partial charge in [0, 0.05) is 6.92 Å². The van der Waals surface area contributed by atoms with Crippen LogP contribution in [0, 0.1) is 5.21 Å². The van der Waals surface area contributed by atoms with Crippen LogP contribution in [0.2, 0.25) is 0 Å². The highest BCUT2D eigenvalue weighted by molar-refractivity contribution is 5.47. The molecule has 2 rings (SSSR count). The number of hydroxylamine groups is 3. The standard InChI is InChI=1S/C12H13NO2/c1-12(14)8-10-13(12,15)9-7-11-5-3-2-4-6-11/h2-10,14H,1H3. The topological polar surface area (TPSA) is 43.3 Å². The Bertz CT molecular complexity index is 409. The molecule has 1 aromatic carbocycles. The molecule has 0 bridgehead atoms. The van der Waals surface area contributed by atoms with E-state index in [1.807, 2.05) is 30.3 Å². The van der Waals surface area contributed by atoms with E-state index in [1.54, 1.807) is 6.08 Å². The van der Waals surface area contributed by atoms with Gasteiger partial charge in [-0.3, -0.25) is 4.65 Å². The van der Waals surface area contributed by atoms with E-state index in [0.29, 0.717) is 0 Å². The molecule has 3 heteroatoms. The first kappa shape index (κ1) is 10.1. The molecule has 0 saturated heterocycles. The zero-order valence-electron chi connectivity index (χ0n) is 8.50. The van der Waals surface area contributed by atoms with Crippen molar-refractivity contribution < 1.29 is 9.75 Å². The maximum Gasteiger partial charge on any atom is 0.231 e. The second-order valence-electron chi connectivity index (χ2n) is 3.85. The highest BCUT2D eigenvalue weighted by Crippen LogP contribution is 2.33. The zero-order valence-corrected chi connectivity index (χ0v) is 8.50. The molecule has 0 radical (unpaired) electrons. The first-order valence-electron chi connectivity index (χ1n) is 4.80. The van der Waals surface area contributed by atoms with Crippen LogP contribution < -0.4 is 0 Å². The third-order valence-electron chi connectivity index (χ3n) is 2.61. The summed E-state index contributed by atoms with van der Waals surface area (Å²) in [5, 5.41) is 21.5. The molecule has 15 heavy (non-hydrogen) atoms. The van der Waals surface area contributed by atoms with Crippen LogP contribution in [0.15, 0.2) is 48.8 Å². The number of hydrogen-bond donors (Lipinski definition) is 1. The van der Waals surface area contributed by atoms with Crippen molar-refractivity contribution in [3.05, 3.63) is 59.6 Å². The molecule has 78 valence electrons. The van der Waals surface area contributed by atoms with Crippen LogP contribution in [0.4, 0.5) is 0 Å². The molecule has 0 aromatic heterocycles. The Balaban J connectivity index is 2.17. The Hall–Kier alpha value is -1.42. The zero-order chi connectivity index (χ0) is 10.9. The fraction of sp³-hybridized carbons (Fsp3) is 0.167. The fourth-order valence-electron chi connectivity index (χ4n) is 1.40. The first-order valence-corrected chi connectivity index (χ1v) is 4.80. The highest BCUT2D eigenvalue weighted by atomic mass is 16.6. The van der Waals surface area contributed by atoms with Crippen molar-refractivity contribution in [2.75, 3.05) is 0 Å². The van der Waals surface area contributed by atoms with Gasteiger partial charge in [0.25, 0.3) is 0 Å². The summed E-state index contributed by atoms with van der Waals surface area (Å²) in [5.74, 6) is 0. The van der Waals surface area contributed by atoms with Crippen LogP contribution in [-0.2, 0) is 0 Å². The summed E-state index contributed by atoms with van der Waals surface area (Å²) >= 11 is 0. The number of aliphatic hydroxyl groups is 1. The molecule has 2 unspecified atom stereocenters. The molecule has 0 saturated carbocycles. The van der Waals surface area contributed by atoms with E-state index >= 15 is 0 Å². The molecule has 1 aromatic rings.